The fourth-order valence-electron chi connectivity index (χ4n) is 3.89. The van der Waals surface area contributed by atoms with E-state index in [4.69, 9.17) is 9.72 Å². The van der Waals surface area contributed by atoms with Crippen LogP contribution in [0.25, 0.3) is 22.4 Å². The van der Waals surface area contributed by atoms with Crippen molar-refractivity contribution in [2.45, 2.75) is 32.7 Å². The fraction of sp³-hybridized carbons (Fsp3) is 0.222. The van der Waals surface area contributed by atoms with Gasteiger partial charge in [0.05, 0.1) is 19.1 Å². The molecule has 0 aliphatic carbocycles. The monoisotopic (exact) mass is 396 g/mol. The topological polar surface area (TPSA) is 27.1 Å². The molecule has 0 aliphatic rings. The summed E-state index contributed by atoms with van der Waals surface area (Å²) in [6, 6.07) is 27.5. The van der Waals surface area contributed by atoms with E-state index in [0.717, 1.165) is 42.8 Å². The Morgan fingerprint density at radius 3 is 2.43 bits per heavy atom. The first-order valence-corrected chi connectivity index (χ1v) is 10.6. The molecule has 30 heavy (non-hydrogen) atoms. The number of aromatic nitrogens is 2. The minimum Gasteiger partial charge on any atom is -0.496 e. The number of rotatable bonds is 8. The van der Waals surface area contributed by atoms with Crippen molar-refractivity contribution in [3.8, 4) is 28.1 Å². The fourth-order valence-corrected chi connectivity index (χ4v) is 3.89. The zero-order chi connectivity index (χ0) is 20.8. The van der Waals surface area contributed by atoms with Crippen LogP contribution in [-0.4, -0.2) is 16.7 Å². The molecule has 0 radical (unpaired) electrons. The smallest absolute Gasteiger partial charge is 0.128 e. The van der Waals surface area contributed by atoms with Gasteiger partial charge in [-0.15, -0.1) is 0 Å². The average Bonchev–Trinajstić information content (AvgIpc) is 3.20. The normalized spacial score (nSPS) is 10.9. The predicted octanol–water partition coefficient (Wildman–Crippen LogP) is 6.62. The van der Waals surface area contributed by atoms with Gasteiger partial charge in [0.2, 0.25) is 0 Å². The van der Waals surface area contributed by atoms with E-state index < -0.39 is 0 Å². The molecule has 0 spiro atoms. The second-order valence-electron chi connectivity index (χ2n) is 7.54. The lowest BCUT2D eigenvalue weighted by atomic mass is 10.0. The predicted molar refractivity (Wildman–Crippen MR) is 124 cm³/mol. The first kappa shape index (κ1) is 20.0. The van der Waals surface area contributed by atoms with E-state index in [1.807, 2.05) is 24.5 Å². The van der Waals surface area contributed by atoms with E-state index in [1.54, 1.807) is 7.11 Å². The van der Waals surface area contributed by atoms with E-state index in [0.29, 0.717) is 0 Å². The van der Waals surface area contributed by atoms with E-state index in [9.17, 15) is 0 Å². The molecule has 3 heteroatoms. The van der Waals surface area contributed by atoms with Gasteiger partial charge in [0.1, 0.15) is 5.75 Å². The van der Waals surface area contributed by atoms with Gasteiger partial charge < -0.3 is 9.30 Å². The highest BCUT2D eigenvalue weighted by molar-refractivity contribution is 5.69. The molecule has 0 atom stereocenters. The Morgan fingerprint density at radius 2 is 1.63 bits per heavy atom. The van der Waals surface area contributed by atoms with Crippen LogP contribution in [0.2, 0.25) is 0 Å². The molecule has 0 N–H and O–H groups in total. The summed E-state index contributed by atoms with van der Waals surface area (Å²) < 4.78 is 7.90. The highest BCUT2D eigenvalue weighted by Gasteiger charge is 2.16. The molecule has 0 fully saturated rings. The number of imidazole rings is 1. The summed E-state index contributed by atoms with van der Waals surface area (Å²) in [6.07, 6.45) is 5.27. The van der Waals surface area contributed by atoms with E-state index >= 15 is 0 Å². The van der Waals surface area contributed by atoms with Crippen molar-refractivity contribution >= 4 is 0 Å². The van der Waals surface area contributed by atoms with Crippen molar-refractivity contribution < 1.29 is 4.74 Å². The number of hydrogen-bond acceptors (Lipinski definition) is 2. The van der Waals surface area contributed by atoms with Crippen LogP contribution in [0.1, 0.15) is 31.0 Å². The van der Waals surface area contributed by atoms with Crippen LogP contribution in [0.3, 0.4) is 0 Å². The van der Waals surface area contributed by atoms with Gasteiger partial charge in [-0.05, 0) is 47.7 Å². The first-order chi connectivity index (χ1) is 14.8. The van der Waals surface area contributed by atoms with Gasteiger partial charge in [-0.25, -0.2) is 4.98 Å². The van der Waals surface area contributed by atoms with E-state index in [1.165, 1.54) is 22.4 Å². The maximum atomic E-state index is 5.60. The van der Waals surface area contributed by atoms with Crippen LogP contribution < -0.4 is 4.74 Å². The maximum Gasteiger partial charge on any atom is 0.128 e. The highest BCUT2D eigenvalue weighted by atomic mass is 16.5. The molecule has 4 aromatic rings. The molecule has 3 nitrogen and oxygen atoms in total. The van der Waals surface area contributed by atoms with Gasteiger partial charge in [-0.3, -0.25) is 0 Å². The summed E-state index contributed by atoms with van der Waals surface area (Å²) in [5.74, 6) is 0.867. The molecule has 3 aromatic carbocycles. The van der Waals surface area contributed by atoms with Crippen molar-refractivity contribution in [1.82, 2.24) is 9.55 Å². The molecule has 0 saturated carbocycles. The van der Waals surface area contributed by atoms with Crippen LogP contribution in [0.5, 0.6) is 5.75 Å². The number of methoxy groups -OCH3 is 1. The lowest BCUT2D eigenvalue weighted by Crippen LogP contribution is -2.05. The lowest BCUT2D eigenvalue weighted by Gasteiger charge is -2.13. The summed E-state index contributed by atoms with van der Waals surface area (Å²) in [5, 5.41) is 0. The molecule has 1 heterocycles. The molecule has 4 rings (SSSR count). The second-order valence-corrected chi connectivity index (χ2v) is 7.54. The summed E-state index contributed by atoms with van der Waals surface area (Å²) in [7, 11) is 1.72. The molecule has 0 bridgehead atoms. The van der Waals surface area contributed by atoms with Crippen molar-refractivity contribution in [1.29, 1.82) is 0 Å². The van der Waals surface area contributed by atoms with Gasteiger partial charge in [0.15, 0.2) is 0 Å². The third-order valence-corrected chi connectivity index (χ3v) is 5.46. The van der Waals surface area contributed by atoms with Gasteiger partial charge in [0, 0.05) is 17.8 Å². The molecule has 0 saturated heterocycles. The first-order valence-electron chi connectivity index (χ1n) is 10.6. The third kappa shape index (κ3) is 4.30. The Balaban J connectivity index is 1.69. The highest BCUT2D eigenvalue weighted by Crippen LogP contribution is 2.32. The minimum atomic E-state index is 0.807. The molecule has 0 aliphatic heterocycles. The average molecular weight is 397 g/mol. The molecule has 1 aromatic heterocycles. The Morgan fingerprint density at radius 1 is 0.867 bits per heavy atom. The zero-order valence-corrected chi connectivity index (χ0v) is 17.7. The van der Waals surface area contributed by atoms with Crippen LogP contribution in [0.15, 0.2) is 85.2 Å². The third-order valence-electron chi connectivity index (χ3n) is 5.46. The Bertz CT molecular complexity index is 1100. The minimum absolute atomic E-state index is 0.807. The number of ether oxygens (including phenoxy) is 1. The van der Waals surface area contributed by atoms with Crippen LogP contribution in [0.4, 0.5) is 0 Å². The van der Waals surface area contributed by atoms with E-state index in [-0.39, 0.29) is 0 Å². The van der Waals surface area contributed by atoms with Gasteiger partial charge >= 0.3 is 0 Å². The molecular weight excluding hydrogens is 368 g/mol. The maximum absolute atomic E-state index is 5.60. The van der Waals surface area contributed by atoms with Crippen molar-refractivity contribution in [2.75, 3.05) is 7.11 Å². The standard InChI is InChI=1S/C27H28N2O/c1-3-4-16-25-27(24-15-8-9-17-26(24)30-2)28-20-29(25)19-21-11-10-14-23(18-21)22-12-6-5-7-13-22/h5-15,17-18,20H,3-4,16,19H2,1-2H3. The summed E-state index contributed by atoms with van der Waals surface area (Å²) >= 11 is 0. The van der Waals surface area contributed by atoms with Gasteiger partial charge in [0.25, 0.3) is 0 Å². The summed E-state index contributed by atoms with van der Waals surface area (Å²) in [6.45, 7) is 3.04. The van der Waals surface area contributed by atoms with Crippen LogP contribution in [0, 0.1) is 0 Å². The number of unbranched alkanes of at least 4 members (excludes halogenated alkanes) is 1. The molecule has 0 amide bonds. The van der Waals surface area contributed by atoms with Gasteiger partial charge in [-0.2, -0.15) is 0 Å². The summed E-state index contributed by atoms with van der Waals surface area (Å²) in [4.78, 5) is 4.81. The Kier molecular flexibility index (Phi) is 6.29. The Labute approximate surface area is 179 Å². The largest absolute Gasteiger partial charge is 0.496 e. The molecule has 0 unspecified atom stereocenters. The SMILES string of the molecule is CCCCc1c(-c2ccccc2OC)ncn1Cc1cccc(-c2ccccc2)c1. The van der Waals surface area contributed by atoms with Crippen LogP contribution in [-0.2, 0) is 13.0 Å². The lowest BCUT2D eigenvalue weighted by molar-refractivity contribution is 0.416. The van der Waals surface area contributed by atoms with Crippen molar-refractivity contribution in [2.24, 2.45) is 0 Å². The summed E-state index contributed by atoms with van der Waals surface area (Å²) in [5.41, 5.74) is 7.12. The number of hydrogen-bond donors (Lipinski definition) is 0. The van der Waals surface area contributed by atoms with E-state index in [2.05, 4.69) is 72.2 Å². The quantitative estimate of drug-likeness (QED) is 0.335. The number of benzene rings is 3. The molecular formula is C27H28N2O. The van der Waals surface area contributed by atoms with Crippen molar-refractivity contribution in [3.63, 3.8) is 0 Å². The van der Waals surface area contributed by atoms with Gasteiger partial charge in [-0.1, -0.05) is 74.0 Å². The molecule has 152 valence electrons. The second kappa shape index (κ2) is 9.45. The Hall–Kier alpha value is -3.33. The van der Waals surface area contributed by atoms with Crippen LogP contribution >= 0.6 is 0 Å². The number of para-hydroxylation sites is 1. The van der Waals surface area contributed by atoms with Crippen molar-refractivity contribution in [3.05, 3.63) is 96.4 Å². The zero-order valence-electron chi connectivity index (χ0n) is 17.7. The number of nitrogens with zero attached hydrogens (tertiary/aromatic N) is 2.